The van der Waals surface area contributed by atoms with Crippen molar-refractivity contribution in [1.29, 1.82) is 0 Å². The third-order valence-electron chi connectivity index (χ3n) is 3.80. The van der Waals surface area contributed by atoms with Crippen molar-refractivity contribution in [2.75, 3.05) is 0 Å². The number of rotatable bonds is 7. The van der Waals surface area contributed by atoms with Gasteiger partial charge in [-0.15, -0.1) is 0 Å². The summed E-state index contributed by atoms with van der Waals surface area (Å²) < 4.78 is 0. The van der Waals surface area contributed by atoms with Crippen molar-refractivity contribution in [3.8, 4) is 0 Å². The second kappa shape index (κ2) is 9.04. The molecule has 0 aliphatic heterocycles. The van der Waals surface area contributed by atoms with Gasteiger partial charge < -0.3 is 5.32 Å². The van der Waals surface area contributed by atoms with E-state index in [1.54, 1.807) is 12.4 Å². The molecule has 0 saturated carbocycles. The summed E-state index contributed by atoms with van der Waals surface area (Å²) in [5.74, 6) is 1.88. The van der Waals surface area contributed by atoms with Crippen LogP contribution in [0.2, 0.25) is 0 Å². The average molecular weight is 348 g/mol. The number of carbonyl (C=O) groups is 1. The first-order chi connectivity index (χ1) is 12.3. The molecule has 0 aliphatic rings. The summed E-state index contributed by atoms with van der Waals surface area (Å²) in [6.45, 7) is 0.510. The zero-order valence-electron chi connectivity index (χ0n) is 13.9. The summed E-state index contributed by atoms with van der Waals surface area (Å²) in [6.07, 6.45) is 3.45. The molecule has 126 valence electrons. The number of nitrogens with one attached hydrogen (secondary N) is 1. The van der Waals surface area contributed by atoms with Gasteiger partial charge in [-0.1, -0.05) is 42.5 Å². The van der Waals surface area contributed by atoms with Gasteiger partial charge in [-0.25, -0.2) is 0 Å². The van der Waals surface area contributed by atoms with Crippen molar-refractivity contribution in [2.24, 2.45) is 0 Å². The number of thioether (sulfide) groups is 1. The Morgan fingerprint density at radius 1 is 0.800 bits per heavy atom. The van der Waals surface area contributed by atoms with Crippen molar-refractivity contribution in [1.82, 2.24) is 10.3 Å². The Bertz CT molecular complexity index is 789. The lowest BCUT2D eigenvalue weighted by molar-refractivity contribution is 0.0951. The number of pyridine rings is 1. The summed E-state index contributed by atoms with van der Waals surface area (Å²) in [6, 6.07) is 22.1. The molecule has 0 fully saturated rings. The Hall–Kier alpha value is -2.59. The largest absolute Gasteiger partial charge is 0.348 e. The average Bonchev–Trinajstić information content (AvgIpc) is 2.68. The summed E-state index contributed by atoms with van der Waals surface area (Å²) in [5, 5.41) is 2.93. The van der Waals surface area contributed by atoms with Crippen LogP contribution in [0, 0.1) is 0 Å². The predicted molar refractivity (Wildman–Crippen MR) is 103 cm³/mol. The first kappa shape index (κ1) is 17.2. The molecule has 3 aromatic rings. The Morgan fingerprint density at radius 2 is 1.44 bits per heavy atom. The molecule has 1 N–H and O–H groups in total. The molecular weight excluding hydrogens is 328 g/mol. The van der Waals surface area contributed by atoms with E-state index in [0.717, 1.165) is 17.1 Å². The zero-order chi connectivity index (χ0) is 17.3. The Morgan fingerprint density at radius 3 is 2.12 bits per heavy atom. The molecule has 1 heterocycles. The minimum absolute atomic E-state index is 0.0553. The topological polar surface area (TPSA) is 42.0 Å². The number of aromatic nitrogens is 1. The molecule has 0 bridgehead atoms. The fourth-order valence-electron chi connectivity index (χ4n) is 2.40. The van der Waals surface area contributed by atoms with Crippen molar-refractivity contribution in [3.05, 3.63) is 101 Å². The lowest BCUT2D eigenvalue weighted by Gasteiger charge is -2.07. The van der Waals surface area contributed by atoms with Crippen molar-refractivity contribution in [3.63, 3.8) is 0 Å². The third-order valence-corrected chi connectivity index (χ3v) is 4.87. The van der Waals surface area contributed by atoms with Gasteiger partial charge in [0.15, 0.2) is 0 Å². The van der Waals surface area contributed by atoms with Gasteiger partial charge in [0.1, 0.15) is 0 Å². The Kier molecular flexibility index (Phi) is 6.23. The zero-order valence-corrected chi connectivity index (χ0v) is 14.7. The number of amides is 1. The molecule has 3 nitrogen and oxygen atoms in total. The summed E-state index contributed by atoms with van der Waals surface area (Å²) in [5.41, 5.74) is 4.29. The van der Waals surface area contributed by atoms with E-state index in [9.17, 15) is 4.79 Å². The van der Waals surface area contributed by atoms with Crippen LogP contribution in [-0.4, -0.2) is 10.9 Å². The molecule has 0 aliphatic carbocycles. The summed E-state index contributed by atoms with van der Waals surface area (Å²) in [7, 11) is 0. The fraction of sp³-hybridized carbons (Fsp3) is 0.143. The molecule has 0 atom stereocenters. The van der Waals surface area contributed by atoms with Crippen LogP contribution in [-0.2, 0) is 18.1 Å². The second-order valence-corrected chi connectivity index (χ2v) is 6.70. The maximum absolute atomic E-state index is 12.2. The van der Waals surface area contributed by atoms with E-state index in [1.165, 1.54) is 11.1 Å². The molecule has 0 spiro atoms. The van der Waals surface area contributed by atoms with Crippen LogP contribution >= 0.6 is 11.8 Å². The first-order valence-corrected chi connectivity index (χ1v) is 9.34. The predicted octanol–water partition coefficient (Wildman–Crippen LogP) is 4.45. The van der Waals surface area contributed by atoms with Gasteiger partial charge >= 0.3 is 0 Å². The molecular formula is C21H20N2OS. The van der Waals surface area contributed by atoms with E-state index in [4.69, 9.17) is 0 Å². The minimum Gasteiger partial charge on any atom is -0.348 e. The summed E-state index contributed by atoms with van der Waals surface area (Å²) in [4.78, 5) is 16.2. The van der Waals surface area contributed by atoms with Crippen molar-refractivity contribution >= 4 is 17.7 Å². The van der Waals surface area contributed by atoms with Crippen LogP contribution in [0.4, 0.5) is 0 Å². The maximum atomic E-state index is 12.2. The molecule has 0 saturated heterocycles. The van der Waals surface area contributed by atoms with Gasteiger partial charge in [0, 0.05) is 36.0 Å². The van der Waals surface area contributed by atoms with Gasteiger partial charge in [-0.2, -0.15) is 11.8 Å². The van der Waals surface area contributed by atoms with Crippen LogP contribution in [0.5, 0.6) is 0 Å². The molecule has 25 heavy (non-hydrogen) atoms. The number of benzene rings is 2. The van der Waals surface area contributed by atoms with E-state index in [2.05, 4.69) is 34.6 Å². The highest BCUT2D eigenvalue weighted by Gasteiger charge is 2.05. The number of hydrogen-bond acceptors (Lipinski definition) is 3. The standard InChI is InChI=1S/C21H20N2OS/c24-21(23-14-17-10-12-22-13-11-17)20-8-6-19(7-9-20)16-25-15-18-4-2-1-3-5-18/h1-13H,14-16H2,(H,23,24). The van der Waals surface area contributed by atoms with Crippen LogP contribution in [0.1, 0.15) is 27.0 Å². The van der Waals surface area contributed by atoms with Crippen LogP contribution < -0.4 is 5.32 Å². The first-order valence-electron chi connectivity index (χ1n) is 8.19. The van der Waals surface area contributed by atoms with Gasteiger partial charge in [-0.3, -0.25) is 9.78 Å². The Balaban J connectivity index is 1.47. The van der Waals surface area contributed by atoms with Gasteiger partial charge in [0.25, 0.3) is 5.91 Å². The molecule has 1 aromatic heterocycles. The normalized spacial score (nSPS) is 10.4. The summed E-state index contributed by atoms with van der Waals surface area (Å²) >= 11 is 1.87. The van der Waals surface area contributed by atoms with Crippen molar-refractivity contribution < 1.29 is 4.79 Å². The Labute approximate surface area is 152 Å². The smallest absolute Gasteiger partial charge is 0.251 e. The van der Waals surface area contributed by atoms with Gasteiger partial charge in [0.2, 0.25) is 0 Å². The highest BCUT2D eigenvalue weighted by molar-refractivity contribution is 7.97. The van der Waals surface area contributed by atoms with E-state index in [0.29, 0.717) is 12.1 Å². The lowest BCUT2D eigenvalue weighted by Crippen LogP contribution is -2.22. The SMILES string of the molecule is O=C(NCc1ccncc1)c1ccc(CSCc2ccccc2)cc1. The highest BCUT2D eigenvalue weighted by atomic mass is 32.2. The highest BCUT2D eigenvalue weighted by Crippen LogP contribution is 2.18. The van der Waals surface area contributed by atoms with E-state index < -0.39 is 0 Å². The maximum Gasteiger partial charge on any atom is 0.251 e. The van der Waals surface area contributed by atoms with Gasteiger partial charge in [-0.05, 0) is 41.0 Å². The molecule has 2 aromatic carbocycles. The number of nitrogens with zero attached hydrogens (tertiary/aromatic N) is 1. The monoisotopic (exact) mass is 348 g/mol. The molecule has 4 heteroatoms. The van der Waals surface area contributed by atoms with Gasteiger partial charge in [0.05, 0.1) is 0 Å². The molecule has 0 radical (unpaired) electrons. The van der Waals surface area contributed by atoms with E-state index in [-0.39, 0.29) is 5.91 Å². The number of carbonyl (C=O) groups excluding carboxylic acids is 1. The third kappa shape index (κ3) is 5.47. The van der Waals surface area contributed by atoms with E-state index >= 15 is 0 Å². The van der Waals surface area contributed by atoms with E-state index in [1.807, 2.05) is 54.2 Å². The molecule has 3 rings (SSSR count). The van der Waals surface area contributed by atoms with Crippen molar-refractivity contribution in [2.45, 2.75) is 18.1 Å². The molecule has 0 unspecified atom stereocenters. The van der Waals surface area contributed by atoms with Crippen LogP contribution in [0.3, 0.4) is 0 Å². The number of hydrogen-bond donors (Lipinski definition) is 1. The quantitative estimate of drug-likeness (QED) is 0.686. The molecule has 1 amide bonds. The minimum atomic E-state index is -0.0553. The lowest BCUT2D eigenvalue weighted by atomic mass is 10.1. The second-order valence-electron chi connectivity index (χ2n) is 5.71. The fourth-order valence-corrected chi connectivity index (χ4v) is 3.36. The van der Waals surface area contributed by atoms with Crippen LogP contribution in [0.25, 0.3) is 0 Å². The van der Waals surface area contributed by atoms with Crippen LogP contribution in [0.15, 0.2) is 79.1 Å².